The SMILES string of the molecule is COc1ccccc1C(=O)C1CSC(c2ccccc2)=N1. The number of benzene rings is 2. The van der Waals surface area contributed by atoms with Gasteiger partial charge in [0.25, 0.3) is 0 Å². The van der Waals surface area contributed by atoms with Gasteiger partial charge in [0, 0.05) is 11.3 Å². The molecule has 3 nitrogen and oxygen atoms in total. The minimum atomic E-state index is -0.332. The molecule has 1 atom stereocenters. The van der Waals surface area contributed by atoms with Gasteiger partial charge in [-0.2, -0.15) is 0 Å². The Morgan fingerprint density at radius 3 is 2.62 bits per heavy atom. The molecular formula is C17H15NO2S. The summed E-state index contributed by atoms with van der Waals surface area (Å²) in [6.07, 6.45) is 0. The maximum absolute atomic E-state index is 12.6. The number of aliphatic imine (C=N–C) groups is 1. The average Bonchev–Trinajstić information content (AvgIpc) is 3.05. The highest BCUT2D eigenvalue weighted by Gasteiger charge is 2.28. The Labute approximate surface area is 128 Å². The van der Waals surface area contributed by atoms with Gasteiger partial charge in [-0.1, -0.05) is 42.5 Å². The lowest BCUT2D eigenvalue weighted by atomic mass is 10.0. The van der Waals surface area contributed by atoms with Crippen molar-refractivity contribution in [2.45, 2.75) is 6.04 Å². The molecule has 21 heavy (non-hydrogen) atoms. The highest BCUT2D eigenvalue weighted by Crippen LogP contribution is 2.28. The number of Topliss-reactive ketones (excluding diaryl/α,β-unsaturated/α-hetero) is 1. The normalized spacial score (nSPS) is 17.4. The Morgan fingerprint density at radius 1 is 1.14 bits per heavy atom. The molecule has 0 radical (unpaired) electrons. The zero-order valence-electron chi connectivity index (χ0n) is 11.7. The second-order valence-corrected chi connectivity index (χ2v) is 5.70. The van der Waals surface area contributed by atoms with E-state index < -0.39 is 0 Å². The summed E-state index contributed by atoms with van der Waals surface area (Å²) in [7, 11) is 1.58. The van der Waals surface area contributed by atoms with Crippen molar-refractivity contribution in [3.63, 3.8) is 0 Å². The molecule has 0 bridgehead atoms. The van der Waals surface area contributed by atoms with E-state index in [2.05, 4.69) is 4.99 Å². The van der Waals surface area contributed by atoms with Crippen molar-refractivity contribution >= 4 is 22.6 Å². The fourth-order valence-electron chi connectivity index (χ4n) is 2.27. The third kappa shape index (κ3) is 2.85. The van der Waals surface area contributed by atoms with Crippen LogP contribution >= 0.6 is 11.8 Å². The van der Waals surface area contributed by atoms with Crippen molar-refractivity contribution in [2.75, 3.05) is 12.9 Å². The standard InChI is InChI=1S/C17H15NO2S/c1-20-15-10-6-5-9-13(15)16(19)14-11-21-17(18-14)12-7-3-2-4-8-12/h2-10,14H,11H2,1H3. The first-order valence-electron chi connectivity index (χ1n) is 6.73. The number of hydrogen-bond donors (Lipinski definition) is 0. The fourth-order valence-corrected chi connectivity index (χ4v) is 3.32. The highest BCUT2D eigenvalue weighted by atomic mass is 32.2. The highest BCUT2D eigenvalue weighted by molar-refractivity contribution is 8.14. The van der Waals surface area contributed by atoms with Crippen LogP contribution in [0.25, 0.3) is 0 Å². The number of thioether (sulfide) groups is 1. The summed E-state index contributed by atoms with van der Waals surface area (Å²) in [4.78, 5) is 17.2. The zero-order valence-corrected chi connectivity index (χ0v) is 12.5. The van der Waals surface area contributed by atoms with Crippen LogP contribution in [-0.4, -0.2) is 29.7 Å². The Bertz CT molecular complexity index is 682. The predicted octanol–water partition coefficient (Wildman–Crippen LogP) is 3.44. The molecule has 4 heteroatoms. The van der Waals surface area contributed by atoms with Crippen LogP contribution < -0.4 is 4.74 Å². The molecule has 0 aliphatic carbocycles. The summed E-state index contributed by atoms with van der Waals surface area (Å²) < 4.78 is 5.26. The molecule has 1 aliphatic heterocycles. The lowest BCUT2D eigenvalue weighted by molar-refractivity contribution is 0.0968. The first kappa shape index (κ1) is 13.9. The maximum Gasteiger partial charge on any atom is 0.191 e. The summed E-state index contributed by atoms with van der Waals surface area (Å²) in [5, 5.41) is 0.934. The van der Waals surface area contributed by atoms with Crippen molar-refractivity contribution in [3.8, 4) is 5.75 Å². The lowest BCUT2D eigenvalue weighted by Crippen LogP contribution is -2.19. The molecule has 2 aromatic rings. The largest absolute Gasteiger partial charge is 0.496 e. The first-order chi connectivity index (χ1) is 10.3. The summed E-state index contributed by atoms with van der Waals surface area (Å²) in [6, 6.07) is 16.9. The predicted molar refractivity (Wildman–Crippen MR) is 86.5 cm³/mol. The summed E-state index contributed by atoms with van der Waals surface area (Å²) in [6.45, 7) is 0. The molecule has 0 N–H and O–H groups in total. The van der Waals surface area contributed by atoms with E-state index in [0.29, 0.717) is 17.1 Å². The van der Waals surface area contributed by atoms with E-state index >= 15 is 0 Å². The summed E-state index contributed by atoms with van der Waals surface area (Å²) in [5.41, 5.74) is 1.67. The van der Waals surface area contributed by atoms with E-state index in [1.165, 1.54) is 0 Å². The van der Waals surface area contributed by atoms with E-state index in [1.807, 2.05) is 42.5 Å². The van der Waals surface area contributed by atoms with Gasteiger partial charge in [-0.3, -0.25) is 9.79 Å². The quantitative estimate of drug-likeness (QED) is 0.811. The van der Waals surface area contributed by atoms with Crippen LogP contribution in [0.2, 0.25) is 0 Å². The number of hydrogen-bond acceptors (Lipinski definition) is 4. The van der Waals surface area contributed by atoms with Gasteiger partial charge in [-0.25, -0.2) is 0 Å². The minimum Gasteiger partial charge on any atom is -0.496 e. The molecule has 1 unspecified atom stereocenters. The van der Waals surface area contributed by atoms with Crippen molar-refractivity contribution < 1.29 is 9.53 Å². The third-order valence-electron chi connectivity index (χ3n) is 3.35. The van der Waals surface area contributed by atoms with E-state index in [9.17, 15) is 4.79 Å². The van der Waals surface area contributed by atoms with Crippen molar-refractivity contribution in [2.24, 2.45) is 4.99 Å². The van der Waals surface area contributed by atoms with Crippen molar-refractivity contribution in [1.82, 2.24) is 0 Å². The number of ether oxygens (including phenoxy) is 1. The van der Waals surface area contributed by atoms with Crippen molar-refractivity contribution in [3.05, 3.63) is 65.7 Å². The number of carbonyl (C=O) groups excluding carboxylic acids is 1. The van der Waals surface area contributed by atoms with Crippen LogP contribution in [0.4, 0.5) is 0 Å². The monoisotopic (exact) mass is 297 g/mol. The third-order valence-corrected chi connectivity index (χ3v) is 4.44. The fraction of sp³-hybridized carbons (Fsp3) is 0.176. The second kappa shape index (κ2) is 6.14. The zero-order chi connectivity index (χ0) is 14.7. The molecule has 0 spiro atoms. The molecule has 1 heterocycles. The number of ketones is 1. The Kier molecular flexibility index (Phi) is 4.06. The van der Waals surface area contributed by atoms with Crippen LogP contribution in [0.1, 0.15) is 15.9 Å². The molecule has 1 aliphatic rings. The molecular weight excluding hydrogens is 282 g/mol. The van der Waals surface area contributed by atoms with Crippen LogP contribution in [0.3, 0.4) is 0 Å². The van der Waals surface area contributed by atoms with E-state index in [0.717, 1.165) is 10.6 Å². The number of nitrogens with zero attached hydrogens (tertiary/aromatic N) is 1. The lowest BCUT2D eigenvalue weighted by Gasteiger charge is -2.09. The molecule has 0 amide bonds. The average molecular weight is 297 g/mol. The van der Waals surface area contributed by atoms with E-state index in [1.54, 1.807) is 31.0 Å². The van der Waals surface area contributed by atoms with Crippen molar-refractivity contribution in [1.29, 1.82) is 0 Å². The van der Waals surface area contributed by atoms with Gasteiger partial charge in [0.15, 0.2) is 5.78 Å². The van der Waals surface area contributed by atoms with Crippen LogP contribution in [0.5, 0.6) is 5.75 Å². The molecule has 3 rings (SSSR count). The number of para-hydroxylation sites is 1. The van der Waals surface area contributed by atoms with Crippen LogP contribution in [-0.2, 0) is 0 Å². The first-order valence-corrected chi connectivity index (χ1v) is 7.71. The molecule has 0 saturated carbocycles. The van der Waals surface area contributed by atoms with E-state index in [-0.39, 0.29) is 11.8 Å². The van der Waals surface area contributed by atoms with Crippen LogP contribution in [0.15, 0.2) is 59.6 Å². The van der Waals surface area contributed by atoms with Gasteiger partial charge >= 0.3 is 0 Å². The summed E-state index contributed by atoms with van der Waals surface area (Å²) in [5.74, 6) is 1.31. The smallest absolute Gasteiger partial charge is 0.191 e. The Hall–Kier alpha value is -2.07. The number of rotatable bonds is 4. The second-order valence-electron chi connectivity index (χ2n) is 4.69. The minimum absolute atomic E-state index is 0.0193. The van der Waals surface area contributed by atoms with Gasteiger partial charge in [0.05, 0.1) is 17.7 Å². The molecule has 0 saturated heterocycles. The summed E-state index contributed by atoms with van der Waals surface area (Å²) >= 11 is 1.63. The van der Waals surface area contributed by atoms with Gasteiger partial charge in [0.2, 0.25) is 0 Å². The molecule has 0 fully saturated rings. The number of carbonyl (C=O) groups is 1. The molecule has 106 valence electrons. The molecule has 0 aromatic heterocycles. The Balaban J connectivity index is 1.85. The maximum atomic E-state index is 12.6. The van der Waals surface area contributed by atoms with Crippen LogP contribution in [0, 0.1) is 0 Å². The Morgan fingerprint density at radius 2 is 1.86 bits per heavy atom. The van der Waals surface area contributed by atoms with Gasteiger partial charge in [-0.15, -0.1) is 11.8 Å². The van der Waals surface area contributed by atoms with E-state index in [4.69, 9.17) is 4.74 Å². The van der Waals surface area contributed by atoms with Gasteiger partial charge in [-0.05, 0) is 12.1 Å². The van der Waals surface area contributed by atoms with Gasteiger partial charge < -0.3 is 4.74 Å². The topological polar surface area (TPSA) is 38.7 Å². The number of methoxy groups -OCH3 is 1. The van der Waals surface area contributed by atoms with Gasteiger partial charge in [0.1, 0.15) is 11.8 Å². The molecule has 2 aromatic carbocycles.